The second-order valence-electron chi connectivity index (χ2n) is 7.92. The summed E-state index contributed by atoms with van der Waals surface area (Å²) < 4.78 is 25.1. The van der Waals surface area contributed by atoms with Gasteiger partial charge in [-0.15, -0.1) is 0 Å². The van der Waals surface area contributed by atoms with Gasteiger partial charge in [0.1, 0.15) is 12.4 Å². The molecule has 8 heteroatoms. The third-order valence-corrected chi connectivity index (χ3v) is 6.52. The molecule has 5 nitrogen and oxygen atoms in total. The number of imide groups is 1. The molecule has 1 fully saturated rings. The van der Waals surface area contributed by atoms with E-state index in [0.717, 1.165) is 33.9 Å². The van der Waals surface area contributed by atoms with Gasteiger partial charge in [-0.05, 0) is 72.6 Å². The molecule has 2 amide bonds. The summed E-state index contributed by atoms with van der Waals surface area (Å²) in [6.45, 7) is 4.71. The molecule has 0 aliphatic carbocycles. The van der Waals surface area contributed by atoms with E-state index >= 15 is 0 Å². The number of halogens is 2. The van der Waals surface area contributed by atoms with Crippen LogP contribution in [0.15, 0.2) is 65.6 Å². The molecule has 1 saturated heterocycles. The minimum atomic E-state index is -0.482. The molecule has 0 radical (unpaired) electrons. The smallest absolute Gasteiger partial charge is 0.293 e. The molecular formula is C27H23ClFNO4S. The minimum Gasteiger partial charge on any atom is -0.490 e. The topological polar surface area (TPSA) is 55.8 Å². The van der Waals surface area contributed by atoms with Crippen LogP contribution in [0.4, 0.5) is 9.18 Å². The van der Waals surface area contributed by atoms with E-state index < -0.39 is 17.0 Å². The Morgan fingerprint density at radius 2 is 1.86 bits per heavy atom. The highest BCUT2D eigenvalue weighted by Crippen LogP contribution is 2.36. The number of rotatable bonds is 8. The van der Waals surface area contributed by atoms with Crippen molar-refractivity contribution in [3.05, 3.63) is 98.7 Å². The van der Waals surface area contributed by atoms with E-state index in [4.69, 9.17) is 21.1 Å². The number of nitrogens with zero attached hydrogens (tertiary/aromatic N) is 1. The summed E-state index contributed by atoms with van der Waals surface area (Å²) in [7, 11) is 0. The maximum absolute atomic E-state index is 13.3. The van der Waals surface area contributed by atoms with E-state index in [-0.39, 0.29) is 16.5 Å². The first-order valence-corrected chi connectivity index (χ1v) is 12.2. The van der Waals surface area contributed by atoms with Gasteiger partial charge in [0.05, 0.1) is 18.1 Å². The number of hydrogen-bond donors (Lipinski definition) is 0. The van der Waals surface area contributed by atoms with Crippen LogP contribution in [0.5, 0.6) is 11.5 Å². The van der Waals surface area contributed by atoms with Crippen molar-refractivity contribution in [2.75, 3.05) is 6.61 Å². The van der Waals surface area contributed by atoms with Crippen molar-refractivity contribution in [1.82, 2.24) is 4.90 Å². The fraction of sp³-hybridized carbons (Fsp3) is 0.185. The van der Waals surface area contributed by atoms with Gasteiger partial charge in [-0.2, -0.15) is 0 Å². The largest absolute Gasteiger partial charge is 0.490 e. The number of hydrogen-bond acceptors (Lipinski definition) is 5. The summed E-state index contributed by atoms with van der Waals surface area (Å²) in [6, 6.07) is 17.3. The van der Waals surface area contributed by atoms with E-state index in [0.29, 0.717) is 35.8 Å². The highest BCUT2D eigenvalue weighted by Gasteiger charge is 2.35. The maximum atomic E-state index is 13.3. The van der Waals surface area contributed by atoms with Gasteiger partial charge >= 0.3 is 0 Å². The Hall–Kier alpha value is -3.29. The van der Waals surface area contributed by atoms with Crippen molar-refractivity contribution in [3.8, 4) is 11.5 Å². The predicted octanol–water partition coefficient (Wildman–Crippen LogP) is 7.00. The molecule has 0 unspecified atom stereocenters. The third kappa shape index (κ3) is 6.05. The molecule has 1 aliphatic heterocycles. The molecule has 0 bridgehead atoms. The molecule has 1 aliphatic rings. The highest BCUT2D eigenvalue weighted by atomic mass is 35.5. The Labute approximate surface area is 212 Å². The van der Waals surface area contributed by atoms with E-state index in [1.165, 1.54) is 12.1 Å². The zero-order valence-electron chi connectivity index (χ0n) is 19.2. The van der Waals surface area contributed by atoms with Crippen LogP contribution in [0.3, 0.4) is 0 Å². The Balaban J connectivity index is 1.51. The van der Waals surface area contributed by atoms with Crippen molar-refractivity contribution in [3.63, 3.8) is 0 Å². The van der Waals surface area contributed by atoms with Crippen molar-refractivity contribution < 1.29 is 23.5 Å². The average Bonchev–Trinajstić information content (AvgIpc) is 3.08. The van der Waals surface area contributed by atoms with Crippen LogP contribution in [0, 0.1) is 12.7 Å². The van der Waals surface area contributed by atoms with E-state index in [1.54, 1.807) is 24.3 Å². The predicted molar refractivity (Wildman–Crippen MR) is 136 cm³/mol. The van der Waals surface area contributed by atoms with Gasteiger partial charge in [-0.3, -0.25) is 14.5 Å². The van der Waals surface area contributed by atoms with Crippen LogP contribution >= 0.6 is 23.4 Å². The molecule has 0 N–H and O–H groups in total. The molecule has 4 rings (SSSR count). The molecule has 3 aromatic carbocycles. The molecular weight excluding hydrogens is 489 g/mol. The molecule has 1 heterocycles. The van der Waals surface area contributed by atoms with Gasteiger partial charge in [0.25, 0.3) is 11.1 Å². The summed E-state index contributed by atoms with van der Waals surface area (Å²) in [5, 5.41) is -0.250. The molecule has 180 valence electrons. The lowest BCUT2D eigenvalue weighted by atomic mass is 10.1. The quantitative estimate of drug-likeness (QED) is 0.305. The normalized spacial score (nSPS) is 14.6. The Morgan fingerprint density at radius 3 is 2.60 bits per heavy atom. The summed E-state index contributed by atoms with van der Waals surface area (Å²) in [6.07, 6.45) is 1.64. The number of carbonyl (C=O) groups is 2. The first-order valence-electron chi connectivity index (χ1n) is 11.0. The first kappa shape index (κ1) is 24.8. The van der Waals surface area contributed by atoms with Gasteiger partial charge < -0.3 is 9.47 Å². The molecule has 0 atom stereocenters. The Bertz CT molecular complexity index is 1310. The highest BCUT2D eigenvalue weighted by molar-refractivity contribution is 8.18. The van der Waals surface area contributed by atoms with E-state index in [2.05, 4.69) is 6.07 Å². The van der Waals surface area contributed by atoms with E-state index in [1.807, 2.05) is 32.0 Å². The van der Waals surface area contributed by atoms with Crippen LogP contribution in [0.1, 0.15) is 29.2 Å². The third-order valence-electron chi connectivity index (χ3n) is 5.26. The number of amides is 2. The number of ether oxygens (including phenoxy) is 2. The zero-order chi connectivity index (χ0) is 24.9. The second-order valence-corrected chi connectivity index (χ2v) is 9.32. The molecule has 0 aromatic heterocycles. The second kappa shape index (κ2) is 11.0. The van der Waals surface area contributed by atoms with E-state index in [9.17, 15) is 14.0 Å². The van der Waals surface area contributed by atoms with Crippen LogP contribution in [-0.4, -0.2) is 22.7 Å². The lowest BCUT2D eigenvalue weighted by molar-refractivity contribution is -0.123. The maximum Gasteiger partial charge on any atom is 0.293 e. The lowest BCUT2D eigenvalue weighted by Gasteiger charge is -2.14. The van der Waals surface area contributed by atoms with Crippen LogP contribution in [0.2, 0.25) is 5.02 Å². The average molecular weight is 512 g/mol. The van der Waals surface area contributed by atoms with Crippen molar-refractivity contribution in [2.45, 2.75) is 27.0 Å². The van der Waals surface area contributed by atoms with Crippen LogP contribution in [-0.2, 0) is 17.9 Å². The number of aryl methyl sites for hydroxylation is 1. The molecule has 35 heavy (non-hydrogen) atoms. The monoisotopic (exact) mass is 511 g/mol. The van der Waals surface area contributed by atoms with Crippen molar-refractivity contribution >= 4 is 40.6 Å². The number of benzene rings is 3. The first-order chi connectivity index (χ1) is 16.8. The molecule has 0 spiro atoms. The van der Waals surface area contributed by atoms with Crippen molar-refractivity contribution in [1.29, 1.82) is 0 Å². The number of thioether (sulfide) groups is 1. The molecule has 3 aromatic rings. The summed E-state index contributed by atoms with van der Waals surface area (Å²) in [4.78, 5) is 26.8. The van der Waals surface area contributed by atoms with Gasteiger partial charge in [0.2, 0.25) is 0 Å². The van der Waals surface area contributed by atoms with Gasteiger partial charge in [-0.1, -0.05) is 53.6 Å². The fourth-order valence-electron chi connectivity index (χ4n) is 3.57. The molecule has 0 saturated carbocycles. The van der Waals surface area contributed by atoms with Gasteiger partial charge in [0, 0.05) is 5.02 Å². The van der Waals surface area contributed by atoms with Gasteiger partial charge in [0.15, 0.2) is 11.5 Å². The Kier molecular flexibility index (Phi) is 7.78. The summed E-state index contributed by atoms with van der Waals surface area (Å²) in [5.41, 5.74) is 3.39. The SMILES string of the molecule is CCOc1cc(/C=C2\SC(=O)N(Cc3ccc(F)cc3Cl)C2=O)ccc1OCc1cccc(C)c1. The van der Waals surface area contributed by atoms with Gasteiger partial charge in [-0.25, -0.2) is 4.39 Å². The minimum absolute atomic E-state index is 0.0307. The summed E-state index contributed by atoms with van der Waals surface area (Å²) in [5.74, 6) is 0.220. The Morgan fingerprint density at radius 1 is 1.03 bits per heavy atom. The van der Waals surface area contributed by atoms with Crippen molar-refractivity contribution in [2.24, 2.45) is 0 Å². The standard InChI is InChI=1S/C27H23ClFNO4S/c1-3-33-24-12-18(7-10-23(24)34-16-19-6-4-5-17(2)11-19)13-25-26(31)30(27(32)35-25)15-20-8-9-21(29)14-22(20)28/h4-14H,3,15-16H2,1-2H3/b25-13-. The number of carbonyl (C=O) groups excluding carboxylic acids is 2. The van der Waals surface area contributed by atoms with Crippen LogP contribution in [0.25, 0.3) is 6.08 Å². The fourth-order valence-corrected chi connectivity index (χ4v) is 4.64. The van der Waals surface area contributed by atoms with Crippen LogP contribution < -0.4 is 9.47 Å². The summed E-state index contributed by atoms with van der Waals surface area (Å²) >= 11 is 6.91. The lowest BCUT2D eigenvalue weighted by Crippen LogP contribution is -2.27. The zero-order valence-corrected chi connectivity index (χ0v) is 20.8.